The highest BCUT2D eigenvalue weighted by Gasteiger charge is 2.07. The Morgan fingerprint density at radius 3 is 2.71 bits per heavy atom. The van der Waals surface area contributed by atoms with Crippen molar-refractivity contribution in [2.75, 3.05) is 13.1 Å². The first-order valence-electron chi connectivity index (χ1n) is 5.98. The van der Waals surface area contributed by atoms with Crippen LogP contribution in [-0.2, 0) is 9.59 Å². The molecule has 21 heavy (non-hydrogen) atoms. The number of hydroxylamine groups is 2. The number of benzene rings is 1. The topological polar surface area (TPSA) is 69.6 Å². The first kappa shape index (κ1) is 17.2. The van der Waals surface area contributed by atoms with Gasteiger partial charge in [0.25, 0.3) is 5.91 Å². The largest absolute Gasteiger partial charge is 0.351 e. The Balaban J connectivity index is 2.53. The van der Waals surface area contributed by atoms with Gasteiger partial charge in [-0.3, -0.25) is 14.8 Å². The van der Waals surface area contributed by atoms with Gasteiger partial charge in [0.05, 0.1) is 6.54 Å². The average molecular weight is 329 g/mol. The molecule has 0 atom stereocenters. The maximum absolute atomic E-state index is 11.6. The lowest BCUT2D eigenvalue weighted by atomic mass is 10.2. The van der Waals surface area contributed by atoms with E-state index in [0.717, 1.165) is 6.08 Å². The second-order valence-electron chi connectivity index (χ2n) is 3.96. The van der Waals surface area contributed by atoms with Crippen molar-refractivity contribution in [2.24, 2.45) is 0 Å². The second-order valence-corrected chi connectivity index (χ2v) is 4.80. The molecule has 0 aliphatic carbocycles. The van der Waals surface area contributed by atoms with Gasteiger partial charge in [-0.2, -0.15) is 0 Å². The van der Waals surface area contributed by atoms with Crippen LogP contribution >= 0.6 is 23.2 Å². The van der Waals surface area contributed by atoms with E-state index in [1.54, 1.807) is 18.2 Å². The highest BCUT2D eigenvalue weighted by molar-refractivity contribution is 6.35. The minimum absolute atomic E-state index is 0.0445. The summed E-state index contributed by atoms with van der Waals surface area (Å²) in [5.41, 5.74) is 0.600. The van der Waals surface area contributed by atoms with Crippen LogP contribution in [0.4, 0.5) is 0 Å². The summed E-state index contributed by atoms with van der Waals surface area (Å²) in [6.07, 6.45) is 3.74. The molecule has 0 radical (unpaired) electrons. The molecule has 5 nitrogen and oxygen atoms in total. The summed E-state index contributed by atoms with van der Waals surface area (Å²) in [5.74, 6) is -1.01. The van der Waals surface area contributed by atoms with Crippen LogP contribution in [0.1, 0.15) is 5.56 Å². The van der Waals surface area contributed by atoms with Crippen LogP contribution in [0.25, 0.3) is 6.08 Å². The zero-order valence-corrected chi connectivity index (χ0v) is 12.6. The van der Waals surface area contributed by atoms with E-state index >= 15 is 0 Å². The van der Waals surface area contributed by atoms with Gasteiger partial charge in [0.1, 0.15) is 0 Å². The number of nitrogens with one attached hydrogen (secondary N) is 1. The quantitative estimate of drug-likeness (QED) is 0.479. The van der Waals surface area contributed by atoms with E-state index < -0.39 is 5.91 Å². The predicted molar refractivity (Wildman–Crippen MR) is 82.2 cm³/mol. The van der Waals surface area contributed by atoms with Gasteiger partial charge in [0.15, 0.2) is 0 Å². The molecular formula is C14H14Cl2N2O3. The Hall–Kier alpha value is -1.82. The van der Waals surface area contributed by atoms with Gasteiger partial charge < -0.3 is 5.32 Å². The fourth-order valence-electron chi connectivity index (χ4n) is 1.35. The summed E-state index contributed by atoms with van der Waals surface area (Å²) in [5, 5.41) is 13.3. The van der Waals surface area contributed by atoms with Crippen LogP contribution in [0.2, 0.25) is 10.0 Å². The standard InChI is InChI=1S/C14H14Cl2N2O3/c1-2-13(19)17-7-8-18(21)14(20)6-4-10-3-5-11(15)9-12(10)16/h2-6,9,21H,1,7-8H2,(H,17,19)/b6-4+. The van der Waals surface area contributed by atoms with Gasteiger partial charge >= 0.3 is 0 Å². The first-order chi connectivity index (χ1) is 9.93. The summed E-state index contributed by atoms with van der Waals surface area (Å²) in [4.78, 5) is 22.5. The third-order valence-corrected chi connectivity index (χ3v) is 2.99. The van der Waals surface area contributed by atoms with E-state index in [0.29, 0.717) is 20.7 Å². The van der Waals surface area contributed by atoms with E-state index in [4.69, 9.17) is 23.2 Å². The van der Waals surface area contributed by atoms with Crippen molar-refractivity contribution < 1.29 is 14.8 Å². The summed E-state index contributed by atoms with van der Waals surface area (Å²) < 4.78 is 0. The Labute approximate surface area is 132 Å². The monoisotopic (exact) mass is 328 g/mol. The molecule has 0 spiro atoms. The van der Waals surface area contributed by atoms with Gasteiger partial charge in [-0.25, -0.2) is 5.06 Å². The molecule has 0 fully saturated rings. The number of carbonyl (C=O) groups is 2. The number of nitrogens with zero attached hydrogens (tertiary/aromatic N) is 1. The van der Waals surface area contributed by atoms with Crippen LogP contribution in [0.15, 0.2) is 36.9 Å². The third kappa shape index (κ3) is 5.99. The molecule has 0 unspecified atom stereocenters. The molecule has 1 aromatic carbocycles. The van der Waals surface area contributed by atoms with Crippen LogP contribution in [-0.4, -0.2) is 35.2 Å². The molecule has 112 valence electrons. The lowest BCUT2D eigenvalue weighted by molar-refractivity contribution is -0.159. The Morgan fingerprint density at radius 2 is 2.10 bits per heavy atom. The molecule has 0 heterocycles. The molecule has 1 aromatic rings. The summed E-state index contributed by atoms with van der Waals surface area (Å²) in [7, 11) is 0. The first-order valence-corrected chi connectivity index (χ1v) is 6.73. The number of rotatable bonds is 6. The summed E-state index contributed by atoms with van der Waals surface area (Å²) >= 11 is 11.7. The van der Waals surface area contributed by atoms with E-state index in [1.165, 1.54) is 12.2 Å². The lowest BCUT2D eigenvalue weighted by Gasteiger charge is -2.12. The van der Waals surface area contributed by atoms with Crippen molar-refractivity contribution in [1.29, 1.82) is 0 Å². The zero-order valence-electron chi connectivity index (χ0n) is 11.1. The molecule has 0 aromatic heterocycles. The van der Waals surface area contributed by atoms with E-state index in [9.17, 15) is 14.8 Å². The number of hydrogen-bond acceptors (Lipinski definition) is 3. The Bertz CT molecular complexity index is 573. The number of amides is 2. The molecular weight excluding hydrogens is 315 g/mol. The van der Waals surface area contributed by atoms with Crippen molar-refractivity contribution in [3.05, 3.63) is 52.5 Å². The fraction of sp³-hybridized carbons (Fsp3) is 0.143. The predicted octanol–water partition coefficient (Wildman–Crippen LogP) is 2.53. The lowest BCUT2D eigenvalue weighted by Crippen LogP contribution is -2.35. The van der Waals surface area contributed by atoms with Gasteiger partial charge in [-0.15, -0.1) is 0 Å². The van der Waals surface area contributed by atoms with E-state index in [2.05, 4.69) is 11.9 Å². The van der Waals surface area contributed by atoms with Crippen LogP contribution in [0, 0.1) is 0 Å². The van der Waals surface area contributed by atoms with Crippen LogP contribution < -0.4 is 5.32 Å². The van der Waals surface area contributed by atoms with Crippen molar-refractivity contribution in [3.8, 4) is 0 Å². The van der Waals surface area contributed by atoms with Gasteiger partial charge in [0, 0.05) is 22.7 Å². The number of halogens is 2. The molecule has 0 aliphatic heterocycles. The van der Waals surface area contributed by atoms with Gasteiger partial charge in [0.2, 0.25) is 5.91 Å². The van der Waals surface area contributed by atoms with Crippen LogP contribution in [0.5, 0.6) is 0 Å². The van der Waals surface area contributed by atoms with Crippen molar-refractivity contribution in [1.82, 2.24) is 10.4 Å². The third-order valence-electron chi connectivity index (χ3n) is 2.43. The zero-order chi connectivity index (χ0) is 15.8. The second kappa shape index (κ2) is 8.46. The highest BCUT2D eigenvalue weighted by atomic mass is 35.5. The molecule has 0 bridgehead atoms. The van der Waals surface area contributed by atoms with Crippen LogP contribution in [0.3, 0.4) is 0 Å². The van der Waals surface area contributed by atoms with Gasteiger partial charge in [-0.05, 0) is 29.8 Å². The number of hydrogen-bond donors (Lipinski definition) is 2. The Kier molecular flexibility index (Phi) is 6.94. The Morgan fingerprint density at radius 1 is 1.38 bits per heavy atom. The normalized spacial score (nSPS) is 10.4. The van der Waals surface area contributed by atoms with Crippen molar-refractivity contribution in [2.45, 2.75) is 0 Å². The molecule has 1 rings (SSSR count). The minimum atomic E-state index is -0.631. The summed E-state index contributed by atoms with van der Waals surface area (Å²) in [6.45, 7) is 3.35. The maximum Gasteiger partial charge on any atom is 0.270 e. The van der Waals surface area contributed by atoms with Crippen molar-refractivity contribution >= 4 is 41.1 Å². The fourth-order valence-corrected chi connectivity index (χ4v) is 1.82. The van der Waals surface area contributed by atoms with Crippen molar-refractivity contribution in [3.63, 3.8) is 0 Å². The van der Waals surface area contributed by atoms with E-state index in [-0.39, 0.29) is 19.0 Å². The molecule has 2 amide bonds. The average Bonchev–Trinajstić information content (AvgIpc) is 2.45. The van der Waals surface area contributed by atoms with E-state index in [1.807, 2.05) is 0 Å². The SMILES string of the molecule is C=CC(=O)NCCN(O)C(=O)/C=C/c1ccc(Cl)cc1Cl. The maximum atomic E-state index is 11.6. The molecule has 0 aliphatic rings. The molecule has 2 N–H and O–H groups in total. The molecule has 0 saturated carbocycles. The smallest absolute Gasteiger partial charge is 0.270 e. The van der Waals surface area contributed by atoms with Gasteiger partial charge in [-0.1, -0.05) is 35.8 Å². The molecule has 0 saturated heterocycles. The number of carbonyl (C=O) groups excluding carboxylic acids is 2. The minimum Gasteiger partial charge on any atom is -0.351 e. The highest BCUT2D eigenvalue weighted by Crippen LogP contribution is 2.21. The molecule has 7 heteroatoms. The summed E-state index contributed by atoms with van der Waals surface area (Å²) in [6, 6.07) is 4.84.